The molecule has 0 bridgehead atoms. The van der Waals surface area contributed by atoms with Gasteiger partial charge in [0, 0.05) is 12.3 Å². The van der Waals surface area contributed by atoms with E-state index in [1.165, 1.54) is 18.9 Å². The van der Waals surface area contributed by atoms with E-state index in [0.29, 0.717) is 17.1 Å². The van der Waals surface area contributed by atoms with E-state index in [1.807, 2.05) is 36.4 Å². The topological polar surface area (TPSA) is 91.2 Å². The van der Waals surface area contributed by atoms with Crippen LogP contribution in [0.3, 0.4) is 0 Å². The van der Waals surface area contributed by atoms with Gasteiger partial charge in [-0.15, -0.1) is 11.8 Å². The second-order valence-corrected chi connectivity index (χ2v) is 6.76. The number of nitrogens with one attached hydrogen (secondary N) is 2. The van der Waals surface area contributed by atoms with E-state index < -0.39 is 5.25 Å². The van der Waals surface area contributed by atoms with Crippen LogP contribution < -0.4 is 15.4 Å². The number of ether oxygens (including phenoxy) is 1. The first-order chi connectivity index (χ1) is 13.2. The standard InChI is InChI=1S/C20H21N3O3S/c1-26-17-10-6-5-9-16(17)19(24)23-13-18(20(25)22-12-11-21)27-14-15-7-3-2-4-8-15/h2-10,18H,12-14H2,1H3,(H,22,25)(H,23,24). The monoisotopic (exact) mass is 383 g/mol. The lowest BCUT2D eigenvalue weighted by Crippen LogP contribution is -2.41. The molecule has 0 aromatic heterocycles. The van der Waals surface area contributed by atoms with Crippen molar-refractivity contribution in [2.45, 2.75) is 11.0 Å². The maximum absolute atomic E-state index is 12.5. The predicted octanol–water partition coefficient (Wildman–Crippen LogP) is 2.37. The molecule has 2 N–H and O–H groups in total. The summed E-state index contributed by atoms with van der Waals surface area (Å²) in [6, 6.07) is 18.5. The number of nitriles is 1. The van der Waals surface area contributed by atoms with Gasteiger partial charge in [-0.1, -0.05) is 42.5 Å². The lowest BCUT2D eigenvalue weighted by Gasteiger charge is -2.17. The van der Waals surface area contributed by atoms with E-state index in [0.717, 1.165) is 5.56 Å². The number of hydrogen-bond donors (Lipinski definition) is 2. The van der Waals surface area contributed by atoms with E-state index in [2.05, 4.69) is 10.6 Å². The van der Waals surface area contributed by atoms with Gasteiger partial charge in [-0.3, -0.25) is 9.59 Å². The largest absolute Gasteiger partial charge is 0.496 e. The van der Waals surface area contributed by atoms with E-state index in [1.54, 1.807) is 24.3 Å². The van der Waals surface area contributed by atoms with Crippen LogP contribution in [0.15, 0.2) is 54.6 Å². The molecule has 2 rings (SSSR count). The number of amides is 2. The first-order valence-corrected chi connectivity index (χ1v) is 9.42. The van der Waals surface area contributed by atoms with Crippen LogP contribution >= 0.6 is 11.8 Å². The quantitative estimate of drug-likeness (QED) is 0.649. The average molecular weight is 383 g/mol. The summed E-state index contributed by atoms with van der Waals surface area (Å²) in [4.78, 5) is 24.8. The molecule has 27 heavy (non-hydrogen) atoms. The van der Waals surface area contributed by atoms with Crippen molar-refractivity contribution in [1.29, 1.82) is 5.26 Å². The normalized spacial score (nSPS) is 11.1. The fraction of sp³-hybridized carbons (Fsp3) is 0.250. The van der Waals surface area contributed by atoms with Crippen molar-refractivity contribution in [2.75, 3.05) is 20.2 Å². The molecule has 2 aromatic rings. The van der Waals surface area contributed by atoms with Crippen molar-refractivity contribution < 1.29 is 14.3 Å². The van der Waals surface area contributed by atoms with Gasteiger partial charge >= 0.3 is 0 Å². The molecule has 0 saturated heterocycles. The summed E-state index contributed by atoms with van der Waals surface area (Å²) in [7, 11) is 1.50. The first-order valence-electron chi connectivity index (χ1n) is 8.37. The molecule has 6 nitrogen and oxygen atoms in total. The Bertz CT molecular complexity index is 806. The number of methoxy groups -OCH3 is 1. The number of para-hydroxylation sites is 1. The highest BCUT2D eigenvalue weighted by Gasteiger charge is 2.21. The number of carbonyl (C=O) groups is 2. The smallest absolute Gasteiger partial charge is 0.255 e. The third kappa shape index (κ3) is 6.35. The van der Waals surface area contributed by atoms with Crippen LogP contribution in [-0.4, -0.2) is 37.3 Å². The van der Waals surface area contributed by atoms with Gasteiger partial charge in [0.05, 0.1) is 18.7 Å². The Morgan fingerprint density at radius 3 is 2.52 bits per heavy atom. The number of benzene rings is 2. The molecule has 0 aliphatic carbocycles. The second-order valence-electron chi connectivity index (χ2n) is 5.57. The molecule has 0 saturated carbocycles. The Kier molecular flexibility index (Phi) is 8.20. The van der Waals surface area contributed by atoms with Crippen molar-refractivity contribution in [2.24, 2.45) is 0 Å². The van der Waals surface area contributed by atoms with Crippen molar-refractivity contribution in [3.8, 4) is 11.8 Å². The summed E-state index contributed by atoms with van der Waals surface area (Å²) in [6.45, 7) is 0.0767. The molecule has 0 heterocycles. The van der Waals surface area contributed by atoms with Gasteiger partial charge in [0.25, 0.3) is 5.91 Å². The summed E-state index contributed by atoms with van der Waals surface area (Å²) in [5, 5.41) is 13.5. The van der Waals surface area contributed by atoms with Crippen LogP contribution in [0.2, 0.25) is 0 Å². The predicted molar refractivity (Wildman–Crippen MR) is 105 cm³/mol. The van der Waals surface area contributed by atoms with E-state index in [4.69, 9.17) is 10.00 Å². The van der Waals surface area contributed by atoms with Crippen LogP contribution in [0.5, 0.6) is 5.75 Å². The molecule has 2 amide bonds. The number of carbonyl (C=O) groups excluding carboxylic acids is 2. The zero-order chi connectivity index (χ0) is 19.5. The molecule has 1 unspecified atom stereocenters. The van der Waals surface area contributed by atoms with Crippen LogP contribution in [-0.2, 0) is 10.5 Å². The minimum atomic E-state index is -0.516. The fourth-order valence-corrected chi connectivity index (χ4v) is 3.37. The zero-order valence-corrected chi connectivity index (χ0v) is 15.8. The molecule has 7 heteroatoms. The van der Waals surface area contributed by atoms with Crippen LogP contribution in [0.1, 0.15) is 15.9 Å². The van der Waals surface area contributed by atoms with Gasteiger partial charge in [-0.25, -0.2) is 0 Å². The lowest BCUT2D eigenvalue weighted by atomic mass is 10.2. The Morgan fingerprint density at radius 1 is 1.11 bits per heavy atom. The molecule has 1 atom stereocenters. The van der Waals surface area contributed by atoms with E-state index in [-0.39, 0.29) is 24.9 Å². The van der Waals surface area contributed by atoms with Gasteiger partial charge in [0.2, 0.25) is 5.91 Å². The molecule has 0 aliphatic heterocycles. The Morgan fingerprint density at radius 2 is 1.81 bits per heavy atom. The second kappa shape index (κ2) is 10.9. The van der Waals surface area contributed by atoms with Crippen molar-refractivity contribution in [3.05, 3.63) is 65.7 Å². The number of nitrogens with zero attached hydrogens (tertiary/aromatic N) is 1. The first kappa shape index (κ1) is 20.3. The molecule has 0 fully saturated rings. The lowest BCUT2D eigenvalue weighted by molar-refractivity contribution is -0.120. The fourth-order valence-electron chi connectivity index (χ4n) is 2.35. The van der Waals surface area contributed by atoms with Crippen LogP contribution in [0, 0.1) is 11.3 Å². The van der Waals surface area contributed by atoms with Crippen LogP contribution in [0.4, 0.5) is 0 Å². The van der Waals surface area contributed by atoms with Gasteiger partial charge in [-0.05, 0) is 17.7 Å². The van der Waals surface area contributed by atoms with Gasteiger partial charge in [0.1, 0.15) is 17.5 Å². The number of hydrogen-bond acceptors (Lipinski definition) is 5. The molecule has 0 spiro atoms. The highest BCUT2D eigenvalue weighted by atomic mass is 32.2. The minimum absolute atomic E-state index is 0.0678. The zero-order valence-electron chi connectivity index (χ0n) is 15.0. The van der Waals surface area contributed by atoms with Crippen molar-refractivity contribution in [1.82, 2.24) is 10.6 Å². The number of thioether (sulfide) groups is 1. The molecule has 0 aliphatic rings. The van der Waals surface area contributed by atoms with E-state index in [9.17, 15) is 9.59 Å². The maximum atomic E-state index is 12.5. The maximum Gasteiger partial charge on any atom is 0.255 e. The van der Waals surface area contributed by atoms with Crippen LogP contribution in [0.25, 0.3) is 0 Å². The minimum Gasteiger partial charge on any atom is -0.496 e. The summed E-state index contributed by atoms with van der Waals surface area (Å²) in [5.41, 5.74) is 1.49. The summed E-state index contributed by atoms with van der Waals surface area (Å²) >= 11 is 1.41. The van der Waals surface area contributed by atoms with Crippen molar-refractivity contribution >= 4 is 23.6 Å². The summed E-state index contributed by atoms with van der Waals surface area (Å²) in [6.07, 6.45) is 0. The van der Waals surface area contributed by atoms with Gasteiger partial charge in [0.15, 0.2) is 0 Å². The molecular formula is C20H21N3O3S. The average Bonchev–Trinajstić information content (AvgIpc) is 2.72. The van der Waals surface area contributed by atoms with Gasteiger partial charge in [-0.2, -0.15) is 5.26 Å². The Labute approximate surface area is 162 Å². The summed E-state index contributed by atoms with van der Waals surface area (Å²) in [5.74, 6) is 0.497. The third-order valence-corrected chi connectivity index (χ3v) is 5.01. The molecule has 2 aromatic carbocycles. The summed E-state index contributed by atoms with van der Waals surface area (Å²) < 4.78 is 5.20. The SMILES string of the molecule is COc1ccccc1C(=O)NCC(SCc1ccccc1)C(=O)NCC#N. The molecule has 140 valence electrons. The number of rotatable bonds is 9. The third-order valence-electron chi connectivity index (χ3n) is 3.73. The molecular weight excluding hydrogens is 362 g/mol. The Balaban J connectivity index is 2.01. The Hall–Kier alpha value is -2.98. The highest BCUT2D eigenvalue weighted by Crippen LogP contribution is 2.19. The van der Waals surface area contributed by atoms with E-state index >= 15 is 0 Å². The molecule has 0 radical (unpaired) electrons. The van der Waals surface area contributed by atoms with Crippen molar-refractivity contribution in [3.63, 3.8) is 0 Å². The van der Waals surface area contributed by atoms with Gasteiger partial charge < -0.3 is 15.4 Å². The highest BCUT2D eigenvalue weighted by molar-refractivity contribution is 7.99.